The topological polar surface area (TPSA) is 122 Å². The number of carbonyl (C=O) groups is 2. The number of carbonyl (C=O) groups excluding carboxylic acids is 2. The van der Waals surface area contributed by atoms with Crippen LogP contribution in [0.2, 0.25) is 0 Å². The molecule has 5 heterocycles. The van der Waals surface area contributed by atoms with E-state index in [4.69, 9.17) is 4.42 Å². The van der Waals surface area contributed by atoms with Crippen molar-refractivity contribution in [1.29, 1.82) is 0 Å². The Labute approximate surface area is 234 Å². The molecule has 0 unspecified atom stereocenters. The number of hydrogen-bond acceptors (Lipinski definition) is 10. The molecule has 2 N–H and O–H groups in total. The molecule has 3 aliphatic rings. The van der Waals surface area contributed by atoms with Crippen molar-refractivity contribution in [2.75, 3.05) is 32.7 Å². The van der Waals surface area contributed by atoms with Gasteiger partial charge < -0.3 is 14.2 Å². The van der Waals surface area contributed by atoms with E-state index in [1.165, 1.54) is 6.92 Å². The van der Waals surface area contributed by atoms with Gasteiger partial charge in [0, 0.05) is 57.8 Å². The van der Waals surface area contributed by atoms with Crippen molar-refractivity contribution in [3.8, 4) is 11.5 Å². The van der Waals surface area contributed by atoms with Gasteiger partial charge in [0.15, 0.2) is 5.84 Å². The maximum absolute atomic E-state index is 13.4. The summed E-state index contributed by atoms with van der Waals surface area (Å²) in [5, 5.41) is 4.51. The van der Waals surface area contributed by atoms with Gasteiger partial charge in [0.2, 0.25) is 11.8 Å². The third-order valence-corrected chi connectivity index (χ3v) is 7.44. The average molecular weight is 566 g/mol. The minimum Gasteiger partial charge on any atom is -0.441 e. The van der Waals surface area contributed by atoms with E-state index >= 15 is 0 Å². The minimum absolute atomic E-state index is 0.00790. The number of amidine groups is 1. The highest BCUT2D eigenvalue weighted by Gasteiger charge is 2.34. The Morgan fingerprint density at radius 2 is 1.80 bits per heavy atom. The van der Waals surface area contributed by atoms with Crippen molar-refractivity contribution in [2.24, 2.45) is 5.10 Å². The standard InChI is InChI=1S/C27H29F2N9O3/c1-17(39)37-10-8-22-21(16-37)31-25(41-22)19-7-9-30-20(15-19)26(40)36-13-11-35(12-14-36)23(18-5-3-2-4-6-18)24-32-34-38(33-24)27(28)29/h2-7,9,15,23,27,34H,8,10-14,16H2,1H3,(H,32,33)/t23-/m1/s1. The largest absolute Gasteiger partial charge is 0.441 e. The van der Waals surface area contributed by atoms with Crippen LogP contribution in [0.25, 0.3) is 11.5 Å². The number of amides is 2. The number of fused-ring (bicyclic) bond motifs is 1. The number of piperazine rings is 1. The highest BCUT2D eigenvalue weighted by atomic mass is 19.3. The zero-order chi connectivity index (χ0) is 28.5. The van der Waals surface area contributed by atoms with Gasteiger partial charge in [0.25, 0.3) is 5.91 Å². The number of aromatic nitrogens is 2. The van der Waals surface area contributed by atoms with Gasteiger partial charge in [-0.2, -0.15) is 8.78 Å². The van der Waals surface area contributed by atoms with Crippen LogP contribution in [-0.2, 0) is 17.8 Å². The van der Waals surface area contributed by atoms with Crippen LogP contribution >= 0.6 is 0 Å². The second-order valence-corrected chi connectivity index (χ2v) is 9.99. The second-order valence-electron chi connectivity index (χ2n) is 9.99. The molecule has 1 aromatic carbocycles. The number of hydrogen-bond donors (Lipinski definition) is 2. The molecule has 0 radical (unpaired) electrons. The number of hydrazine groups is 2. The quantitative estimate of drug-likeness (QED) is 0.432. The summed E-state index contributed by atoms with van der Waals surface area (Å²) in [4.78, 5) is 39.6. The van der Waals surface area contributed by atoms with E-state index in [9.17, 15) is 18.4 Å². The molecule has 1 fully saturated rings. The first-order chi connectivity index (χ1) is 19.9. The van der Waals surface area contributed by atoms with Gasteiger partial charge in [-0.05, 0) is 17.7 Å². The summed E-state index contributed by atoms with van der Waals surface area (Å²) in [5.41, 5.74) is 7.69. The fourth-order valence-corrected chi connectivity index (χ4v) is 5.29. The lowest BCUT2D eigenvalue weighted by atomic mass is 10.0. The van der Waals surface area contributed by atoms with Gasteiger partial charge in [-0.25, -0.2) is 4.98 Å². The van der Waals surface area contributed by atoms with Crippen LogP contribution in [0.4, 0.5) is 8.78 Å². The Kier molecular flexibility index (Phi) is 7.32. The van der Waals surface area contributed by atoms with Gasteiger partial charge in [-0.1, -0.05) is 30.3 Å². The van der Waals surface area contributed by atoms with Crippen molar-refractivity contribution in [3.63, 3.8) is 0 Å². The third-order valence-electron chi connectivity index (χ3n) is 7.44. The molecule has 0 spiro atoms. The first kappa shape index (κ1) is 26.8. The highest BCUT2D eigenvalue weighted by molar-refractivity contribution is 5.93. The third kappa shape index (κ3) is 5.47. The van der Waals surface area contributed by atoms with E-state index in [1.54, 1.807) is 28.1 Å². The van der Waals surface area contributed by atoms with Crippen molar-refractivity contribution in [2.45, 2.75) is 32.5 Å². The van der Waals surface area contributed by atoms with E-state index in [0.717, 1.165) is 17.0 Å². The van der Waals surface area contributed by atoms with Gasteiger partial charge in [-0.15, -0.1) is 15.8 Å². The lowest BCUT2D eigenvalue weighted by molar-refractivity contribution is -0.129. The molecule has 2 amide bonds. The molecule has 41 heavy (non-hydrogen) atoms. The first-order valence-corrected chi connectivity index (χ1v) is 13.3. The van der Waals surface area contributed by atoms with Crippen LogP contribution in [-0.4, -0.2) is 86.7 Å². The van der Waals surface area contributed by atoms with Crippen LogP contribution in [0.1, 0.15) is 40.5 Å². The predicted molar refractivity (Wildman–Crippen MR) is 143 cm³/mol. The molecule has 6 rings (SSSR count). The van der Waals surface area contributed by atoms with E-state index in [0.29, 0.717) is 68.1 Å². The first-order valence-electron chi connectivity index (χ1n) is 13.3. The lowest BCUT2D eigenvalue weighted by Gasteiger charge is -2.39. The van der Waals surface area contributed by atoms with Crippen LogP contribution < -0.4 is 11.0 Å². The van der Waals surface area contributed by atoms with Crippen LogP contribution in [0, 0.1) is 0 Å². The van der Waals surface area contributed by atoms with Gasteiger partial charge in [0.1, 0.15) is 17.1 Å². The maximum Gasteiger partial charge on any atom is 0.344 e. The van der Waals surface area contributed by atoms with Crippen LogP contribution in [0.15, 0.2) is 58.2 Å². The maximum atomic E-state index is 13.4. The smallest absolute Gasteiger partial charge is 0.344 e. The summed E-state index contributed by atoms with van der Waals surface area (Å²) < 4.78 is 32.4. The SMILES string of the molecule is CC(=O)N1CCc2oc(-c3ccnc(C(=O)N4CCN([C@@H](C5=NN(C(F)F)NN5)c5ccccc5)CC4)c3)nc2C1. The van der Waals surface area contributed by atoms with E-state index < -0.39 is 12.6 Å². The fourth-order valence-electron chi connectivity index (χ4n) is 5.29. The van der Waals surface area contributed by atoms with Crippen molar-refractivity contribution < 1.29 is 22.8 Å². The number of oxazole rings is 1. The molecular formula is C27H29F2N9O3. The highest BCUT2D eigenvalue weighted by Crippen LogP contribution is 2.28. The molecule has 214 valence electrons. The summed E-state index contributed by atoms with van der Waals surface area (Å²) in [6.45, 7) is 1.55. The van der Waals surface area contributed by atoms with Crippen molar-refractivity contribution in [1.82, 2.24) is 40.7 Å². The predicted octanol–water partition coefficient (Wildman–Crippen LogP) is 2.00. The molecule has 1 saturated heterocycles. The van der Waals surface area contributed by atoms with Crippen molar-refractivity contribution >= 4 is 17.6 Å². The minimum atomic E-state index is -2.80. The van der Waals surface area contributed by atoms with Crippen LogP contribution in [0.5, 0.6) is 0 Å². The zero-order valence-electron chi connectivity index (χ0n) is 22.3. The van der Waals surface area contributed by atoms with E-state index in [-0.39, 0.29) is 17.5 Å². The van der Waals surface area contributed by atoms with E-state index in [2.05, 4.69) is 30.9 Å². The van der Waals surface area contributed by atoms with Gasteiger partial charge in [0.05, 0.1) is 12.6 Å². The number of halogens is 2. The van der Waals surface area contributed by atoms with Gasteiger partial charge >= 0.3 is 6.55 Å². The number of pyridine rings is 1. The molecule has 0 saturated carbocycles. The lowest BCUT2D eigenvalue weighted by Crippen LogP contribution is -2.53. The summed E-state index contributed by atoms with van der Waals surface area (Å²) in [6, 6.07) is 12.5. The molecule has 0 aliphatic carbocycles. The number of alkyl halides is 2. The molecule has 2 aromatic heterocycles. The van der Waals surface area contributed by atoms with Gasteiger partial charge in [-0.3, -0.25) is 24.9 Å². The second kappa shape index (κ2) is 11.2. The number of nitrogens with zero attached hydrogens (tertiary/aromatic N) is 7. The Morgan fingerprint density at radius 1 is 1.02 bits per heavy atom. The Bertz CT molecular complexity index is 1460. The van der Waals surface area contributed by atoms with Crippen molar-refractivity contribution in [3.05, 3.63) is 71.4 Å². The van der Waals surface area contributed by atoms with Crippen LogP contribution in [0.3, 0.4) is 0 Å². The normalized spacial score (nSPS) is 18.2. The average Bonchev–Trinajstić information content (AvgIpc) is 3.66. The molecule has 0 bridgehead atoms. The molecule has 3 aromatic rings. The Morgan fingerprint density at radius 3 is 2.51 bits per heavy atom. The molecule has 14 heteroatoms. The molecular weight excluding hydrogens is 536 g/mol. The Hall–Kier alpha value is -4.43. The summed E-state index contributed by atoms with van der Waals surface area (Å²) >= 11 is 0. The monoisotopic (exact) mass is 565 g/mol. The zero-order valence-corrected chi connectivity index (χ0v) is 22.3. The summed E-state index contributed by atoms with van der Waals surface area (Å²) in [7, 11) is 0. The molecule has 1 atom stereocenters. The van der Waals surface area contributed by atoms with E-state index in [1.807, 2.05) is 30.3 Å². The molecule has 12 nitrogen and oxygen atoms in total. The number of nitrogens with one attached hydrogen (secondary N) is 2. The fraction of sp³-hybridized carbons (Fsp3) is 0.370. The summed E-state index contributed by atoms with van der Waals surface area (Å²) in [6.07, 6.45) is 2.15. The number of rotatable bonds is 6. The molecule has 3 aliphatic heterocycles. The Balaban J connectivity index is 1.15. The summed E-state index contributed by atoms with van der Waals surface area (Å²) in [5.74, 6) is 1.27. The number of benzene rings is 1. The number of hydrazone groups is 1.